The Morgan fingerprint density at radius 3 is 1.27 bits per heavy atom. The second-order valence-corrected chi connectivity index (χ2v) is 39.0. The minimum absolute atomic E-state index is 0.169. The highest BCUT2D eigenvalue weighted by Gasteiger charge is 2.66. The van der Waals surface area contributed by atoms with Crippen LogP contribution in [0.1, 0.15) is 201 Å². The Morgan fingerprint density at radius 2 is 0.764 bits per heavy atom. The number of rotatable bonds is 4. The van der Waals surface area contributed by atoms with Crippen LogP contribution >= 0.6 is 0 Å². The van der Waals surface area contributed by atoms with Crippen molar-refractivity contribution in [1.82, 2.24) is 14.7 Å². The van der Waals surface area contributed by atoms with Crippen molar-refractivity contribution in [3.63, 3.8) is 0 Å². The van der Waals surface area contributed by atoms with Crippen LogP contribution in [-0.2, 0) is 21.7 Å². The lowest BCUT2D eigenvalue weighted by Crippen LogP contribution is -2.75. The van der Waals surface area contributed by atoms with Gasteiger partial charge in [-0.15, -0.1) is 0 Å². The largest absolute Gasteiger partial charge is 0.456 e. The lowest BCUT2D eigenvalue weighted by atomic mass is 9.47. The van der Waals surface area contributed by atoms with Crippen molar-refractivity contribution in [3.05, 3.63) is 220 Å². The third-order valence-electron chi connectivity index (χ3n) is 33.5. The van der Waals surface area contributed by atoms with Crippen molar-refractivity contribution < 1.29 is 17.7 Å². The fraction of sp³-hybridized carbons (Fsp3) is 0.471. The molecule has 4 aromatic heterocycles. The first-order valence-electron chi connectivity index (χ1n) is 43.1. The van der Waals surface area contributed by atoms with Gasteiger partial charge in [0, 0.05) is 144 Å². The van der Waals surface area contributed by atoms with Crippen LogP contribution in [0.25, 0.3) is 87.8 Å². The van der Waals surface area contributed by atoms with Crippen molar-refractivity contribution in [3.8, 4) is 0 Å². The van der Waals surface area contributed by atoms with Gasteiger partial charge in [-0.2, -0.15) is 0 Å². The summed E-state index contributed by atoms with van der Waals surface area (Å²) in [6.07, 6.45) is 21.1. The molecule has 16 aliphatic rings. The molecule has 16 atom stereocenters. The summed E-state index contributed by atoms with van der Waals surface area (Å²) < 4.78 is 24.6. The maximum absolute atomic E-state index is 6.21. The van der Waals surface area contributed by atoms with E-state index in [0.29, 0.717) is 57.4 Å². The first-order chi connectivity index (χ1) is 53.2. The second kappa shape index (κ2) is 24.4. The van der Waals surface area contributed by atoms with Gasteiger partial charge in [-0.05, 0) is 311 Å². The van der Waals surface area contributed by atoms with Gasteiger partial charge in [0.2, 0.25) is 0 Å². The molecule has 8 heteroatoms. The average Bonchev–Trinajstić information content (AvgIpc) is 0.892. The number of furan rings is 4. The van der Waals surface area contributed by atoms with Gasteiger partial charge in [0.25, 0.3) is 0 Å². The Bertz CT molecular complexity index is 5880. The van der Waals surface area contributed by atoms with Gasteiger partial charge >= 0.3 is 0 Å². The van der Waals surface area contributed by atoms with Gasteiger partial charge < -0.3 is 22.6 Å². The number of benzene rings is 9. The first-order valence-corrected chi connectivity index (χ1v) is 43.1. The number of hydrogen-bond acceptors (Lipinski definition) is 8. The zero-order chi connectivity index (χ0) is 74.4. The topological polar surface area (TPSA) is 65.5 Å². The van der Waals surface area contributed by atoms with Gasteiger partial charge in [-0.3, -0.25) is 14.7 Å². The van der Waals surface area contributed by atoms with Gasteiger partial charge in [-0.1, -0.05) is 117 Å². The highest BCUT2D eigenvalue weighted by atomic mass is 16.3. The number of aryl methyl sites for hydroxylation is 4. The van der Waals surface area contributed by atoms with Gasteiger partial charge in [0.15, 0.2) is 0 Å². The molecule has 9 aromatic carbocycles. The van der Waals surface area contributed by atoms with Crippen LogP contribution in [0, 0.1) is 63.2 Å². The molecule has 1 spiro atoms. The average molecular weight is 1460 g/mol. The van der Waals surface area contributed by atoms with E-state index in [1.54, 1.807) is 16.7 Å². The molecular weight excluding hydrogens is 1350 g/mol. The molecule has 8 nitrogen and oxygen atoms in total. The zero-order valence-corrected chi connectivity index (χ0v) is 67.1. The van der Waals surface area contributed by atoms with Crippen LogP contribution in [-0.4, -0.2) is 82.7 Å². The molecule has 110 heavy (non-hydrogen) atoms. The molecule has 10 saturated heterocycles. The van der Waals surface area contributed by atoms with Gasteiger partial charge in [0.05, 0.1) is 0 Å². The van der Waals surface area contributed by atoms with E-state index in [4.69, 9.17) is 17.7 Å². The van der Waals surface area contributed by atoms with Gasteiger partial charge in [-0.25, -0.2) is 0 Å². The lowest BCUT2D eigenvalue weighted by Gasteiger charge is -2.71. The van der Waals surface area contributed by atoms with E-state index in [1.165, 1.54) is 205 Å². The molecule has 16 unspecified atom stereocenters. The molecule has 16 heterocycles. The first kappa shape index (κ1) is 68.6. The predicted octanol–water partition coefficient (Wildman–Crippen LogP) is 24.8. The quantitative estimate of drug-likeness (QED) is 0.173. The molecule has 0 amide bonds. The summed E-state index contributed by atoms with van der Waals surface area (Å²) in [5, 5.41) is 10.2. The Kier molecular flexibility index (Phi) is 15.3. The Hall–Kier alpha value is -8.14. The molecule has 12 aliphatic heterocycles. The second-order valence-electron chi connectivity index (χ2n) is 39.0. The van der Waals surface area contributed by atoms with Crippen LogP contribution in [0.5, 0.6) is 0 Å². The van der Waals surface area contributed by atoms with E-state index < -0.39 is 0 Å². The Labute approximate surface area is 650 Å². The fourth-order valence-electron chi connectivity index (χ4n) is 28.7. The van der Waals surface area contributed by atoms with E-state index >= 15 is 0 Å². The van der Waals surface area contributed by atoms with Crippen molar-refractivity contribution in [2.45, 2.75) is 235 Å². The third kappa shape index (κ3) is 9.72. The minimum atomic E-state index is 0.169. The number of piperidine rings is 10. The molecule has 4 saturated carbocycles. The highest BCUT2D eigenvalue weighted by Crippen LogP contribution is 2.66. The normalized spacial score (nSPS) is 34.0. The van der Waals surface area contributed by atoms with Crippen molar-refractivity contribution in [2.24, 2.45) is 35.5 Å². The highest BCUT2D eigenvalue weighted by molar-refractivity contribution is 6.08. The van der Waals surface area contributed by atoms with E-state index in [1.807, 2.05) is 6.07 Å². The molecule has 0 N–H and O–H groups in total. The zero-order valence-electron chi connectivity index (χ0n) is 67.1. The van der Waals surface area contributed by atoms with Crippen LogP contribution in [0.2, 0.25) is 0 Å². The van der Waals surface area contributed by atoms with Crippen LogP contribution < -0.4 is 4.90 Å². The van der Waals surface area contributed by atoms with Crippen molar-refractivity contribution >= 4 is 93.4 Å². The molecular formula is C102H112N4O4. The van der Waals surface area contributed by atoms with Gasteiger partial charge in [0.1, 0.15) is 44.7 Å². The molecule has 4 aliphatic carbocycles. The molecule has 29 rings (SSSR count). The van der Waals surface area contributed by atoms with E-state index in [-0.39, 0.29) is 5.41 Å². The predicted molar refractivity (Wildman–Crippen MR) is 453 cm³/mol. The summed E-state index contributed by atoms with van der Waals surface area (Å²) >= 11 is 0. The molecule has 564 valence electrons. The van der Waals surface area contributed by atoms with Crippen LogP contribution in [0.4, 0.5) is 5.69 Å². The smallest absolute Gasteiger partial charge is 0.135 e. The van der Waals surface area contributed by atoms with Crippen LogP contribution in [0.3, 0.4) is 0 Å². The number of anilines is 1. The standard InChI is InChI=1S/C28H33NO.C26H25NO.C25H29NO.C23H25NO/c1-18-12-26-23(22-8-4-5-9-25(22)30-26)14-24(18)27-15-20-13-21(16-27)28(10-6-3-7-11-28)29(17-20)19(27)2;1-16-14-24-20(18-8-4-7-11-23(18)28-24)15-19(16)25-17(2)27-13-12-26(25,3)21-9-5-6-10-22(21)27;1-15-9-23-20(19-7-5-6-8-22(19)27-23)11-21(15)25-12-17-10-18(13-25)24(3,4)26(14-17)16(25)2;1-14-7-22-19(18-5-3-4-6-21(18)25-22)9-20(14)23-10-16-8-17(11-23)13-24(12-16)15(23)2/h4-5,8-9,12,14,19-21H,3,6-7,10-11,13,15-17H2,1-2H3;4-11,14-15,17,25H,12-13H2,1-3H3;5-9,11,16-18H,10,12-14H2,1-4H3;3-7,9,15-17H,8,10-13H2,1-2H3. The maximum Gasteiger partial charge on any atom is 0.135 e. The van der Waals surface area contributed by atoms with E-state index in [9.17, 15) is 0 Å². The summed E-state index contributed by atoms with van der Waals surface area (Å²) in [6, 6.07) is 64.5. The number of hydrogen-bond donors (Lipinski definition) is 0. The summed E-state index contributed by atoms with van der Waals surface area (Å²) in [6.45, 7) is 33.1. The summed E-state index contributed by atoms with van der Waals surface area (Å²) in [5.74, 6) is 5.76. The number of para-hydroxylation sites is 5. The Balaban J connectivity index is 0.0000000906. The van der Waals surface area contributed by atoms with E-state index in [2.05, 4.69) is 260 Å². The molecule has 0 radical (unpaired) electrons. The number of fused-ring (bicyclic) bond motifs is 14. The maximum atomic E-state index is 6.21. The molecule has 14 bridgehead atoms. The molecule has 14 fully saturated rings. The van der Waals surface area contributed by atoms with E-state index in [0.717, 1.165) is 86.7 Å². The summed E-state index contributed by atoms with van der Waals surface area (Å²) in [7, 11) is 0. The summed E-state index contributed by atoms with van der Waals surface area (Å²) in [4.78, 5) is 11.3. The SMILES string of the molecule is Cc1cc2oc3ccccc3c2cc1C12CC3CC(C1)C(C)(C)N(C3)C2C.Cc1cc2oc3ccccc3c2cc1C12CC3CC(C1)C1(CCCCC1)N(C3)C2C.Cc1cc2oc3ccccc3c2cc1C12CC3CC(CN(C3)C1C)C2.Cc1cc2oc3ccccc3c2cc1C1C(C)N2CCC1(C)c1ccccc12. The monoisotopic (exact) mass is 1460 g/mol. The lowest BCUT2D eigenvalue weighted by molar-refractivity contribution is -0.182. The molecule has 13 aromatic rings. The van der Waals surface area contributed by atoms with Crippen molar-refractivity contribution in [2.75, 3.05) is 37.6 Å². The third-order valence-corrected chi connectivity index (χ3v) is 33.5. The minimum Gasteiger partial charge on any atom is -0.456 e. The fourth-order valence-corrected chi connectivity index (χ4v) is 28.7. The number of nitrogens with zero attached hydrogens (tertiary/aromatic N) is 4. The Morgan fingerprint density at radius 1 is 0.355 bits per heavy atom. The van der Waals surface area contributed by atoms with Crippen LogP contribution in [0.15, 0.2) is 188 Å². The summed E-state index contributed by atoms with van der Waals surface area (Å²) in [5.41, 5.74) is 25.0. The van der Waals surface area contributed by atoms with Crippen molar-refractivity contribution in [1.29, 1.82) is 0 Å².